The normalized spacial score (nSPS) is 14.7. The number of nitrogens with zero attached hydrogens (tertiary/aromatic N) is 2. The van der Waals surface area contributed by atoms with Crippen LogP contribution in [-0.2, 0) is 26.2 Å². The highest BCUT2D eigenvalue weighted by Crippen LogP contribution is 2.42. The molecule has 0 unspecified atom stereocenters. The summed E-state index contributed by atoms with van der Waals surface area (Å²) in [5.41, 5.74) is 1.37. The molecule has 1 atom stereocenters. The van der Waals surface area contributed by atoms with E-state index in [1.54, 1.807) is 37.3 Å². The number of sulfonamides is 1. The van der Waals surface area contributed by atoms with Gasteiger partial charge < -0.3 is 10.2 Å². The van der Waals surface area contributed by atoms with E-state index >= 15 is 0 Å². The van der Waals surface area contributed by atoms with E-state index in [0.29, 0.717) is 34.0 Å². The number of rotatable bonds is 9. The first kappa shape index (κ1) is 25.0. The lowest BCUT2D eigenvalue weighted by Gasteiger charge is -2.29. The van der Waals surface area contributed by atoms with Gasteiger partial charge in [-0.05, 0) is 49.4 Å². The second-order valence-corrected chi connectivity index (χ2v) is 10.7. The molecule has 0 bridgehead atoms. The zero-order valence-corrected chi connectivity index (χ0v) is 21.3. The van der Waals surface area contributed by atoms with Gasteiger partial charge in [0.25, 0.3) is 10.0 Å². The van der Waals surface area contributed by atoms with Crippen molar-refractivity contribution in [3.05, 3.63) is 71.2 Å². The molecule has 4 rings (SSSR count). The molecular formula is C26H28ClN3O4S. The van der Waals surface area contributed by atoms with Crippen LogP contribution in [0, 0.1) is 0 Å². The van der Waals surface area contributed by atoms with E-state index < -0.39 is 16.1 Å². The maximum atomic E-state index is 13.3. The number of hydrogen-bond donors (Lipinski definition) is 1. The van der Waals surface area contributed by atoms with E-state index in [0.717, 1.165) is 10.9 Å². The van der Waals surface area contributed by atoms with E-state index in [1.165, 1.54) is 9.21 Å². The molecule has 0 saturated heterocycles. The fraction of sp³-hybridized carbons (Fsp3) is 0.308. The van der Waals surface area contributed by atoms with Gasteiger partial charge >= 0.3 is 0 Å². The summed E-state index contributed by atoms with van der Waals surface area (Å²) in [5, 5.41) is 4.86. The molecule has 0 radical (unpaired) electrons. The molecule has 1 N–H and O–H groups in total. The molecule has 0 aromatic heterocycles. The highest BCUT2D eigenvalue weighted by molar-refractivity contribution is 7.93. The van der Waals surface area contributed by atoms with E-state index in [9.17, 15) is 18.0 Å². The molecule has 1 aliphatic heterocycles. The third-order valence-electron chi connectivity index (χ3n) is 6.25. The van der Waals surface area contributed by atoms with Crippen molar-refractivity contribution in [2.75, 3.05) is 17.4 Å². The van der Waals surface area contributed by atoms with Crippen molar-refractivity contribution < 1.29 is 18.0 Å². The van der Waals surface area contributed by atoms with Crippen LogP contribution < -0.4 is 9.62 Å². The Morgan fingerprint density at radius 3 is 2.49 bits per heavy atom. The van der Waals surface area contributed by atoms with Crippen molar-refractivity contribution in [2.24, 2.45) is 0 Å². The SMILES string of the molecule is CCNC(=O)[C@@H](C)N(Cc1ccccc1Cl)C(=O)CCCN1c2cccc3cccc(c23)S1(=O)=O. The highest BCUT2D eigenvalue weighted by Gasteiger charge is 2.35. The molecular weight excluding hydrogens is 486 g/mol. The summed E-state index contributed by atoms with van der Waals surface area (Å²) in [4.78, 5) is 27.6. The van der Waals surface area contributed by atoms with Crippen LogP contribution in [0.1, 0.15) is 32.3 Å². The van der Waals surface area contributed by atoms with Crippen LogP contribution in [0.3, 0.4) is 0 Å². The van der Waals surface area contributed by atoms with Crippen LogP contribution in [0.25, 0.3) is 10.8 Å². The average Bonchev–Trinajstić information content (AvgIpc) is 3.06. The minimum Gasteiger partial charge on any atom is -0.355 e. The minimum absolute atomic E-state index is 0.0898. The zero-order valence-electron chi connectivity index (χ0n) is 19.7. The number of nitrogens with one attached hydrogen (secondary N) is 1. The van der Waals surface area contributed by atoms with Gasteiger partial charge in [0, 0.05) is 36.5 Å². The Labute approximate surface area is 210 Å². The van der Waals surface area contributed by atoms with Crippen molar-refractivity contribution in [3.63, 3.8) is 0 Å². The molecule has 7 nitrogen and oxygen atoms in total. The van der Waals surface area contributed by atoms with Crippen molar-refractivity contribution in [1.29, 1.82) is 0 Å². The van der Waals surface area contributed by atoms with Gasteiger partial charge in [-0.15, -0.1) is 0 Å². The third kappa shape index (κ3) is 4.86. The number of likely N-dealkylation sites (N-methyl/N-ethyl adjacent to an activating group) is 1. The summed E-state index contributed by atoms with van der Waals surface area (Å²) in [6, 6.07) is 17.3. The first-order valence-electron chi connectivity index (χ1n) is 11.6. The number of anilines is 1. The smallest absolute Gasteiger partial charge is 0.265 e. The molecule has 0 spiro atoms. The molecule has 1 aliphatic rings. The topological polar surface area (TPSA) is 86.8 Å². The highest BCUT2D eigenvalue weighted by atomic mass is 35.5. The summed E-state index contributed by atoms with van der Waals surface area (Å²) in [5.74, 6) is -0.492. The van der Waals surface area contributed by atoms with Crippen molar-refractivity contribution in [3.8, 4) is 0 Å². The Bertz CT molecular complexity index is 1370. The number of hydrogen-bond acceptors (Lipinski definition) is 4. The zero-order chi connectivity index (χ0) is 25.2. The summed E-state index contributed by atoms with van der Waals surface area (Å²) < 4.78 is 27.7. The van der Waals surface area contributed by atoms with Gasteiger partial charge in [-0.1, -0.05) is 54.1 Å². The fourth-order valence-corrected chi connectivity index (χ4v) is 6.38. The Morgan fingerprint density at radius 2 is 1.77 bits per heavy atom. The second-order valence-electron chi connectivity index (χ2n) is 8.50. The quantitative estimate of drug-likeness (QED) is 0.461. The summed E-state index contributed by atoms with van der Waals surface area (Å²) in [6.45, 7) is 4.30. The Hall–Kier alpha value is -3.10. The molecule has 0 saturated carbocycles. The molecule has 3 aromatic rings. The lowest BCUT2D eigenvalue weighted by molar-refractivity contribution is -0.140. The summed E-state index contributed by atoms with van der Waals surface area (Å²) in [6.07, 6.45) is 0.399. The van der Waals surface area contributed by atoms with Crippen LogP contribution in [0.5, 0.6) is 0 Å². The van der Waals surface area contributed by atoms with Gasteiger partial charge in [-0.25, -0.2) is 8.42 Å². The fourth-order valence-electron chi connectivity index (χ4n) is 4.43. The third-order valence-corrected chi connectivity index (χ3v) is 8.47. The molecule has 2 amide bonds. The first-order chi connectivity index (χ1) is 16.8. The molecule has 0 aliphatic carbocycles. The van der Waals surface area contributed by atoms with Gasteiger partial charge in [0.15, 0.2) is 0 Å². The van der Waals surface area contributed by atoms with Crippen molar-refractivity contribution in [1.82, 2.24) is 10.2 Å². The number of amides is 2. The van der Waals surface area contributed by atoms with E-state index in [1.807, 2.05) is 37.3 Å². The first-order valence-corrected chi connectivity index (χ1v) is 13.4. The molecule has 184 valence electrons. The number of benzene rings is 3. The molecule has 35 heavy (non-hydrogen) atoms. The van der Waals surface area contributed by atoms with Gasteiger partial charge in [-0.2, -0.15) is 0 Å². The largest absolute Gasteiger partial charge is 0.355 e. The number of carbonyl (C=O) groups excluding carboxylic acids is 2. The van der Waals surface area contributed by atoms with Gasteiger partial charge in [0.1, 0.15) is 6.04 Å². The number of carbonyl (C=O) groups is 2. The van der Waals surface area contributed by atoms with Crippen molar-refractivity contribution >= 4 is 49.9 Å². The second kappa shape index (κ2) is 10.3. The van der Waals surface area contributed by atoms with Crippen molar-refractivity contribution in [2.45, 2.75) is 44.2 Å². The molecule has 3 aromatic carbocycles. The van der Waals surface area contributed by atoms with Crippen LogP contribution in [0.2, 0.25) is 5.02 Å². The van der Waals surface area contributed by atoms with E-state index in [2.05, 4.69) is 5.32 Å². The van der Waals surface area contributed by atoms with Gasteiger partial charge in [0.2, 0.25) is 11.8 Å². The lowest BCUT2D eigenvalue weighted by atomic mass is 10.1. The number of halogens is 1. The van der Waals surface area contributed by atoms with Gasteiger partial charge in [-0.3, -0.25) is 13.9 Å². The van der Waals surface area contributed by atoms with Gasteiger partial charge in [0.05, 0.1) is 10.6 Å². The van der Waals surface area contributed by atoms with E-state index in [4.69, 9.17) is 11.6 Å². The molecule has 0 fully saturated rings. The maximum Gasteiger partial charge on any atom is 0.265 e. The summed E-state index contributed by atoms with van der Waals surface area (Å²) in [7, 11) is -3.68. The molecule has 9 heteroatoms. The lowest BCUT2D eigenvalue weighted by Crippen LogP contribution is -2.47. The molecule has 1 heterocycles. The Morgan fingerprint density at radius 1 is 1.06 bits per heavy atom. The van der Waals surface area contributed by atoms with Crippen LogP contribution in [0.15, 0.2) is 65.6 Å². The Kier molecular flexibility index (Phi) is 7.33. The van der Waals surface area contributed by atoms with Crippen LogP contribution >= 0.6 is 11.6 Å². The monoisotopic (exact) mass is 513 g/mol. The predicted molar refractivity (Wildman–Crippen MR) is 138 cm³/mol. The van der Waals surface area contributed by atoms with Crippen LogP contribution in [0.4, 0.5) is 5.69 Å². The Balaban J connectivity index is 1.50. The van der Waals surface area contributed by atoms with Crippen LogP contribution in [-0.4, -0.2) is 44.3 Å². The average molecular weight is 514 g/mol. The minimum atomic E-state index is -3.68. The van der Waals surface area contributed by atoms with E-state index in [-0.39, 0.29) is 31.3 Å². The predicted octanol–water partition coefficient (Wildman–Crippen LogP) is 4.34. The standard InChI is InChI=1S/C26H28ClN3O4S/c1-3-28-26(32)18(2)29(17-20-9-4-5-12-21(20)27)24(31)15-8-16-30-22-13-6-10-19-11-7-14-23(25(19)22)35(30,33)34/h4-7,9-14,18H,3,8,15-17H2,1-2H3,(H,28,32)/t18-/m1/s1. The maximum absolute atomic E-state index is 13.3. The summed E-state index contributed by atoms with van der Waals surface area (Å²) >= 11 is 6.31.